The van der Waals surface area contributed by atoms with Crippen LogP contribution < -0.4 is 5.32 Å². The highest BCUT2D eigenvalue weighted by Crippen LogP contribution is 2.17. The average molecular weight is 289 g/mol. The SMILES string of the molecule is O=C(CSc1ccncc1)Nc1ncccc1C(=O)O. The lowest BCUT2D eigenvalue weighted by molar-refractivity contribution is -0.113. The van der Waals surface area contributed by atoms with E-state index in [1.807, 2.05) is 0 Å². The quantitative estimate of drug-likeness (QED) is 0.817. The molecule has 0 aliphatic carbocycles. The van der Waals surface area contributed by atoms with Gasteiger partial charge < -0.3 is 10.4 Å². The molecule has 2 heterocycles. The number of thioether (sulfide) groups is 1. The summed E-state index contributed by atoms with van der Waals surface area (Å²) in [4.78, 5) is 31.4. The lowest BCUT2D eigenvalue weighted by Gasteiger charge is -2.06. The number of pyridine rings is 2. The van der Waals surface area contributed by atoms with Gasteiger partial charge in [0.2, 0.25) is 5.91 Å². The Kier molecular flexibility index (Phi) is 4.67. The number of aromatic carboxylic acids is 1. The molecule has 0 saturated heterocycles. The van der Waals surface area contributed by atoms with Crippen LogP contribution in [-0.4, -0.2) is 32.7 Å². The molecule has 0 aliphatic heterocycles. The zero-order valence-electron chi connectivity index (χ0n) is 10.3. The number of nitrogens with zero attached hydrogens (tertiary/aromatic N) is 2. The van der Waals surface area contributed by atoms with Gasteiger partial charge in [0.05, 0.1) is 5.75 Å². The summed E-state index contributed by atoms with van der Waals surface area (Å²) in [6.07, 6.45) is 4.71. The molecule has 0 saturated carbocycles. The Morgan fingerprint density at radius 2 is 1.95 bits per heavy atom. The van der Waals surface area contributed by atoms with Crippen LogP contribution in [0.3, 0.4) is 0 Å². The Bertz CT molecular complexity index is 619. The lowest BCUT2D eigenvalue weighted by atomic mass is 10.2. The number of hydrogen-bond acceptors (Lipinski definition) is 5. The molecule has 0 fully saturated rings. The van der Waals surface area contributed by atoms with Crippen molar-refractivity contribution in [3.05, 3.63) is 48.4 Å². The van der Waals surface area contributed by atoms with Gasteiger partial charge in [0.25, 0.3) is 0 Å². The minimum absolute atomic E-state index is 0.0326. The zero-order chi connectivity index (χ0) is 14.4. The lowest BCUT2D eigenvalue weighted by Crippen LogP contribution is -2.17. The molecule has 2 aromatic heterocycles. The number of hydrogen-bond donors (Lipinski definition) is 2. The predicted molar refractivity (Wildman–Crippen MR) is 74.8 cm³/mol. The van der Waals surface area contributed by atoms with Crippen molar-refractivity contribution in [3.8, 4) is 0 Å². The van der Waals surface area contributed by atoms with Crippen LogP contribution >= 0.6 is 11.8 Å². The highest BCUT2D eigenvalue weighted by molar-refractivity contribution is 8.00. The Hall–Kier alpha value is -2.41. The maximum atomic E-state index is 11.8. The third-order valence-electron chi connectivity index (χ3n) is 2.32. The first-order valence-corrected chi connectivity index (χ1v) is 6.66. The van der Waals surface area contributed by atoms with Crippen LogP contribution in [0, 0.1) is 0 Å². The van der Waals surface area contributed by atoms with Crippen LogP contribution in [-0.2, 0) is 4.79 Å². The number of rotatable bonds is 5. The molecule has 0 unspecified atom stereocenters. The number of carboxylic acids is 1. The monoisotopic (exact) mass is 289 g/mol. The molecule has 1 amide bonds. The number of aromatic nitrogens is 2. The van der Waals surface area contributed by atoms with Gasteiger partial charge in [0, 0.05) is 23.5 Å². The maximum Gasteiger partial charge on any atom is 0.339 e. The molecule has 0 atom stereocenters. The van der Waals surface area contributed by atoms with Crippen LogP contribution in [0.2, 0.25) is 0 Å². The van der Waals surface area contributed by atoms with Crippen LogP contribution in [0.4, 0.5) is 5.82 Å². The Labute approximate surface area is 119 Å². The van der Waals surface area contributed by atoms with E-state index < -0.39 is 5.97 Å². The molecule has 102 valence electrons. The van der Waals surface area contributed by atoms with Crippen molar-refractivity contribution in [1.82, 2.24) is 9.97 Å². The number of anilines is 1. The van der Waals surface area contributed by atoms with E-state index in [1.54, 1.807) is 24.5 Å². The van der Waals surface area contributed by atoms with E-state index in [0.29, 0.717) is 0 Å². The molecule has 0 aromatic carbocycles. The Balaban J connectivity index is 1.97. The second kappa shape index (κ2) is 6.67. The summed E-state index contributed by atoms with van der Waals surface area (Å²) in [6, 6.07) is 6.48. The molecule has 0 spiro atoms. The number of carbonyl (C=O) groups excluding carboxylic acids is 1. The van der Waals surface area contributed by atoms with E-state index in [-0.39, 0.29) is 23.0 Å². The van der Waals surface area contributed by atoms with Crippen molar-refractivity contribution in [2.75, 3.05) is 11.1 Å². The van der Waals surface area contributed by atoms with Gasteiger partial charge in [-0.2, -0.15) is 0 Å². The first-order valence-electron chi connectivity index (χ1n) is 5.68. The third-order valence-corrected chi connectivity index (χ3v) is 3.33. The molecular weight excluding hydrogens is 278 g/mol. The molecule has 2 rings (SSSR count). The second-order valence-electron chi connectivity index (χ2n) is 3.72. The highest BCUT2D eigenvalue weighted by atomic mass is 32.2. The van der Waals surface area contributed by atoms with Gasteiger partial charge in [-0.1, -0.05) is 0 Å². The topological polar surface area (TPSA) is 92.2 Å². The van der Waals surface area contributed by atoms with Gasteiger partial charge in [-0.05, 0) is 24.3 Å². The normalized spacial score (nSPS) is 10.0. The number of carbonyl (C=O) groups is 2. The average Bonchev–Trinajstić information content (AvgIpc) is 2.46. The Morgan fingerprint density at radius 3 is 2.65 bits per heavy atom. The van der Waals surface area contributed by atoms with Crippen LogP contribution in [0.1, 0.15) is 10.4 Å². The van der Waals surface area contributed by atoms with Crippen molar-refractivity contribution in [2.24, 2.45) is 0 Å². The summed E-state index contributed by atoms with van der Waals surface area (Å²) in [5.41, 5.74) is -0.0326. The fraction of sp³-hybridized carbons (Fsp3) is 0.0769. The molecule has 20 heavy (non-hydrogen) atoms. The summed E-state index contributed by atoms with van der Waals surface area (Å²) in [5, 5.41) is 11.5. The van der Waals surface area contributed by atoms with Crippen LogP contribution in [0.5, 0.6) is 0 Å². The zero-order valence-corrected chi connectivity index (χ0v) is 11.1. The van der Waals surface area contributed by atoms with Crippen molar-refractivity contribution < 1.29 is 14.7 Å². The Morgan fingerprint density at radius 1 is 1.20 bits per heavy atom. The van der Waals surface area contributed by atoms with Gasteiger partial charge in [0.1, 0.15) is 11.4 Å². The standard InChI is InChI=1S/C13H11N3O3S/c17-11(8-20-9-3-6-14-7-4-9)16-12-10(13(18)19)2-1-5-15-12/h1-7H,8H2,(H,18,19)(H,15,16,17). The fourth-order valence-electron chi connectivity index (χ4n) is 1.43. The van der Waals surface area contributed by atoms with Crippen molar-refractivity contribution in [1.29, 1.82) is 0 Å². The van der Waals surface area contributed by atoms with Gasteiger partial charge in [-0.25, -0.2) is 9.78 Å². The molecule has 6 nitrogen and oxygen atoms in total. The summed E-state index contributed by atoms with van der Waals surface area (Å²) >= 11 is 1.33. The highest BCUT2D eigenvalue weighted by Gasteiger charge is 2.13. The summed E-state index contributed by atoms with van der Waals surface area (Å²) < 4.78 is 0. The molecule has 0 bridgehead atoms. The first-order chi connectivity index (χ1) is 9.66. The van der Waals surface area contributed by atoms with Gasteiger partial charge in [0.15, 0.2) is 0 Å². The summed E-state index contributed by atoms with van der Waals surface area (Å²) in [6.45, 7) is 0. The van der Waals surface area contributed by atoms with Crippen molar-refractivity contribution in [2.45, 2.75) is 4.90 Å². The molecule has 0 radical (unpaired) electrons. The summed E-state index contributed by atoms with van der Waals surface area (Å²) in [7, 11) is 0. The predicted octanol–water partition coefficient (Wildman–Crippen LogP) is 1.91. The van der Waals surface area contributed by atoms with E-state index in [9.17, 15) is 9.59 Å². The number of amides is 1. The minimum Gasteiger partial charge on any atom is -0.478 e. The minimum atomic E-state index is -1.13. The number of nitrogens with one attached hydrogen (secondary N) is 1. The van der Waals surface area contributed by atoms with E-state index in [2.05, 4.69) is 15.3 Å². The largest absolute Gasteiger partial charge is 0.478 e. The van der Waals surface area contributed by atoms with Crippen LogP contribution in [0.15, 0.2) is 47.8 Å². The maximum absolute atomic E-state index is 11.8. The molecular formula is C13H11N3O3S. The van der Waals surface area contributed by atoms with E-state index in [0.717, 1.165) is 4.90 Å². The molecule has 0 aliphatic rings. The van der Waals surface area contributed by atoms with Crippen LogP contribution in [0.25, 0.3) is 0 Å². The van der Waals surface area contributed by atoms with E-state index >= 15 is 0 Å². The number of carboxylic acid groups (broad SMARTS) is 1. The molecule has 2 N–H and O–H groups in total. The summed E-state index contributed by atoms with van der Waals surface area (Å²) in [5.74, 6) is -1.22. The molecule has 2 aromatic rings. The van der Waals surface area contributed by atoms with Crippen molar-refractivity contribution in [3.63, 3.8) is 0 Å². The van der Waals surface area contributed by atoms with E-state index in [4.69, 9.17) is 5.11 Å². The molecule has 7 heteroatoms. The van der Waals surface area contributed by atoms with Gasteiger partial charge >= 0.3 is 5.97 Å². The smallest absolute Gasteiger partial charge is 0.339 e. The fourth-order valence-corrected chi connectivity index (χ4v) is 2.11. The van der Waals surface area contributed by atoms with E-state index in [1.165, 1.54) is 30.1 Å². The van der Waals surface area contributed by atoms with Gasteiger partial charge in [-0.15, -0.1) is 11.8 Å². The van der Waals surface area contributed by atoms with Gasteiger partial charge in [-0.3, -0.25) is 9.78 Å². The van der Waals surface area contributed by atoms with Crippen molar-refractivity contribution >= 4 is 29.5 Å². The third kappa shape index (κ3) is 3.79. The second-order valence-corrected chi connectivity index (χ2v) is 4.77. The first kappa shape index (κ1) is 14.0.